The predicted molar refractivity (Wildman–Crippen MR) is 94.7 cm³/mol. The number of hydrogen-bond donors (Lipinski definition) is 3. The average molecular weight is 380 g/mol. The van der Waals surface area contributed by atoms with E-state index in [1.54, 1.807) is 0 Å². The minimum atomic E-state index is -0.659. The Balaban J connectivity index is 1.65. The molecule has 3 N–H and O–H groups in total. The molecule has 27 heavy (non-hydrogen) atoms. The quantitative estimate of drug-likeness (QED) is 0.383. The first-order chi connectivity index (χ1) is 13.2. The summed E-state index contributed by atoms with van der Waals surface area (Å²) < 4.78 is 21.2. The fourth-order valence-electron chi connectivity index (χ4n) is 3.23. The van der Waals surface area contributed by atoms with Gasteiger partial charge in [-0.3, -0.25) is 9.59 Å². The summed E-state index contributed by atoms with van der Waals surface area (Å²) in [5.41, 5.74) is 1.02. The van der Waals surface area contributed by atoms with E-state index >= 15 is 0 Å². The SMILES string of the molecule is COCCNC(=O)C(=O)NC[C@H](c1ccc2c(c1)OCO2)[NH+]1CCOCC1. The van der Waals surface area contributed by atoms with Crippen LogP contribution in [-0.4, -0.2) is 71.7 Å². The molecule has 0 spiro atoms. The molecule has 0 aliphatic carbocycles. The van der Waals surface area contributed by atoms with Gasteiger partial charge in [-0.15, -0.1) is 0 Å². The molecule has 0 aromatic heterocycles. The van der Waals surface area contributed by atoms with E-state index in [0.717, 1.165) is 24.4 Å². The van der Waals surface area contributed by atoms with Crippen molar-refractivity contribution >= 4 is 11.8 Å². The Kier molecular flexibility index (Phi) is 6.86. The van der Waals surface area contributed by atoms with E-state index in [4.69, 9.17) is 18.9 Å². The van der Waals surface area contributed by atoms with E-state index < -0.39 is 11.8 Å². The molecule has 2 aliphatic heterocycles. The summed E-state index contributed by atoms with van der Waals surface area (Å²) in [6, 6.07) is 5.79. The molecular formula is C18H26N3O6+. The molecule has 1 atom stereocenters. The van der Waals surface area contributed by atoms with E-state index in [0.29, 0.717) is 38.7 Å². The minimum absolute atomic E-state index is 0.0147. The predicted octanol–water partition coefficient (Wildman–Crippen LogP) is -1.75. The van der Waals surface area contributed by atoms with E-state index in [-0.39, 0.29) is 12.8 Å². The molecule has 1 saturated heterocycles. The number of fused-ring (bicyclic) bond motifs is 1. The Morgan fingerprint density at radius 2 is 1.89 bits per heavy atom. The summed E-state index contributed by atoms with van der Waals surface area (Å²) in [7, 11) is 1.54. The van der Waals surface area contributed by atoms with Crippen molar-refractivity contribution < 1.29 is 33.4 Å². The van der Waals surface area contributed by atoms with Crippen LogP contribution in [0, 0.1) is 0 Å². The third-order valence-corrected chi connectivity index (χ3v) is 4.69. The highest BCUT2D eigenvalue weighted by molar-refractivity contribution is 6.35. The van der Waals surface area contributed by atoms with Gasteiger partial charge in [-0.05, 0) is 18.2 Å². The van der Waals surface area contributed by atoms with Crippen LogP contribution in [0.5, 0.6) is 11.5 Å². The smallest absolute Gasteiger partial charge is 0.309 e. The lowest BCUT2D eigenvalue weighted by Gasteiger charge is -2.32. The number of rotatable bonds is 7. The van der Waals surface area contributed by atoms with E-state index in [1.807, 2.05) is 18.2 Å². The fourth-order valence-corrected chi connectivity index (χ4v) is 3.23. The zero-order valence-electron chi connectivity index (χ0n) is 15.4. The normalized spacial score (nSPS) is 17.4. The first-order valence-corrected chi connectivity index (χ1v) is 9.06. The molecule has 1 aromatic carbocycles. The lowest BCUT2D eigenvalue weighted by molar-refractivity contribution is -0.937. The molecule has 1 aromatic rings. The van der Waals surface area contributed by atoms with Crippen LogP contribution in [0.25, 0.3) is 0 Å². The van der Waals surface area contributed by atoms with Gasteiger partial charge in [-0.1, -0.05) is 0 Å². The van der Waals surface area contributed by atoms with Gasteiger partial charge in [0.25, 0.3) is 0 Å². The zero-order chi connectivity index (χ0) is 19.1. The Morgan fingerprint density at radius 3 is 2.67 bits per heavy atom. The molecule has 2 aliphatic rings. The van der Waals surface area contributed by atoms with Crippen molar-refractivity contribution in [3.8, 4) is 11.5 Å². The van der Waals surface area contributed by atoms with Crippen LogP contribution in [0.1, 0.15) is 11.6 Å². The highest BCUT2D eigenvalue weighted by atomic mass is 16.7. The van der Waals surface area contributed by atoms with Crippen molar-refractivity contribution in [1.82, 2.24) is 10.6 Å². The highest BCUT2D eigenvalue weighted by Gasteiger charge is 2.29. The van der Waals surface area contributed by atoms with Crippen molar-refractivity contribution in [3.63, 3.8) is 0 Å². The molecule has 3 rings (SSSR count). The molecule has 0 unspecified atom stereocenters. The number of carbonyl (C=O) groups excluding carboxylic acids is 2. The van der Waals surface area contributed by atoms with Gasteiger partial charge < -0.3 is 34.5 Å². The maximum Gasteiger partial charge on any atom is 0.309 e. The minimum Gasteiger partial charge on any atom is -0.454 e. The van der Waals surface area contributed by atoms with Gasteiger partial charge in [-0.25, -0.2) is 0 Å². The second-order valence-electron chi connectivity index (χ2n) is 6.39. The number of morpholine rings is 1. The molecule has 9 nitrogen and oxygen atoms in total. The third-order valence-electron chi connectivity index (χ3n) is 4.69. The Hall–Kier alpha value is -2.36. The summed E-state index contributed by atoms with van der Waals surface area (Å²) in [5, 5.41) is 5.27. The number of benzene rings is 1. The van der Waals surface area contributed by atoms with E-state index in [2.05, 4.69) is 10.6 Å². The Bertz CT molecular complexity index is 662. The van der Waals surface area contributed by atoms with Gasteiger partial charge in [0, 0.05) is 19.2 Å². The molecule has 9 heteroatoms. The zero-order valence-corrected chi connectivity index (χ0v) is 15.4. The van der Waals surface area contributed by atoms with Crippen LogP contribution >= 0.6 is 0 Å². The summed E-state index contributed by atoms with van der Waals surface area (Å²) >= 11 is 0. The second-order valence-corrected chi connectivity index (χ2v) is 6.39. The summed E-state index contributed by atoms with van der Waals surface area (Å²) in [5.74, 6) is 0.114. The van der Waals surface area contributed by atoms with Crippen molar-refractivity contribution in [2.24, 2.45) is 0 Å². The third kappa shape index (κ3) is 5.09. The molecule has 2 amide bonds. The van der Waals surface area contributed by atoms with Gasteiger partial charge in [0.15, 0.2) is 11.5 Å². The Morgan fingerprint density at radius 1 is 1.15 bits per heavy atom. The van der Waals surface area contributed by atoms with Crippen LogP contribution in [0.3, 0.4) is 0 Å². The maximum absolute atomic E-state index is 12.1. The number of hydrogen-bond acceptors (Lipinski definition) is 6. The fraction of sp³-hybridized carbons (Fsp3) is 0.556. The van der Waals surface area contributed by atoms with Gasteiger partial charge in [0.2, 0.25) is 6.79 Å². The molecular weight excluding hydrogens is 354 g/mol. The summed E-state index contributed by atoms with van der Waals surface area (Å²) in [4.78, 5) is 25.2. The number of quaternary nitrogens is 1. The monoisotopic (exact) mass is 380 g/mol. The van der Waals surface area contributed by atoms with Crippen molar-refractivity contribution in [3.05, 3.63) is 23.8 Å². The van der Waals surface area contributed by atoms with Gasteiger partial charge >= 0.3 is 11.8 Å². The van der Waals surface area contributed by atoms with Crippen LogP contribution in [0.4, 0.5) is 0 Å². The number of nitrogens with one attached hydrogen (secondary N) is 3. The van der Waals surface area contributed by atoms with Crippen molar-refractivity contribution in [2.75, 3.05) is 59.9 Å². The van der Waals surface area contributed by atoms with E-state index in [9.17, 15) is 9.59 Å². The lowest BCUT2D eigenvalue weighted by Crippen LogP contribution is -3.15. The number of methoxy groups -OCH3 is 1. The first-order valence-electron chi connectivity index (χ1n) is 9.06. The average Bonchev–Trinajstić information content (AvgIpc) is 3.17. The maximum atomic E-state index is 12.1. The van der Waals surface area contributed by atoms with Crippen molar-refractivity contribution in [1.29, 1.82) is 0 Å². The standard InChI is InChI=1S/C18H25N3O6/c1-24-7-4-19-17(22)18(23)20-11-14(21-5-8-25-9-6-21)13-2-3-15-16(10-13)27-12-26-15/h2-3,10,14H,4-9,11-12H2,1H3,(H,19,22)(H,20,23)/p+1/t14-/m1/s1. The van der Waals surface area contributed by atoms with E-state index in [1.165, 1.54) is 12.0 Å². The number of carbonyl (C=O) groups is 2. The highest BCUT2D eigenvalue weighted by Crippen LogP contribution is 2.33. The van der Waals surface area contributed by atoms with Gasteiger partial charge in [-0.2, -0.15) is 0 Å². The molecule has 0 bridgehead atoms. The Labute approximate surface area is 157 Å². The molecule has 2 heterocycles. The topological polar surface area (TPSA) is 99.6 Å². The summed E-state index contributed by atoms with van der Waals surface area (Å²) in [6.07, 6.45) is 0. The molecule has 0 saturated carbocycles. The van der Waals surface area contributed by atoms with Crippen LogP contribution in [0.15, 0.2) is 18.2 Å². The molecule has 1 fully saturated rings. The molecule has 148 valence electrons. The number of ether oxygens (including phenoxy) is 4. The van der Waals surface area contributed by atoms with Crippen molar-refractivity contribution in [2.45, 2.75) is 6.04 Å². The molecule has 0 radical (unpaired) electrons. The van der Waals surface area contributed by atoms with Crippen LogP contribution < -0.4 is 25.0 Å². The largest absolute Gasteiger partial charge is 0.454 e. The lowest BCUT2D eigenvalue weighted by atomic mass is 10.0. The summed E-state index contributed by atoms with van der Waals surface area (Å²) in [6.45, 7) is 4.20. The van der Waals surface area contributed by atoms with Crippen LogP contribution in [-0.2, 0) is 19.1 Å². The first kappa shape index (κ1) is 19.4. The van der Waals surface area contributed by atoms with Crippen LogP contribution in [0.2, 0.25) is 0 Å². The second kappa shape index (κ2) is 9.54. The van der Waals surface area contributed by atoms with Gasteiger partial charge in [0.05, 0.1) is 26.4 Å². The number of amides is 2. The van der Waals surface area contributed by atoms with Gasteiger partial charge in [0.1, 0.15) is 19.1 Å².